The summed E-state index contributed by atoms with van der Waals surface area (Å²) in [7, 11) is 0. The molecule has 1 aliphatic heterocycles. The zero-order valence-corrected chi connectivity index (χ0v) is 11.9. The molecule has 3 nitrogen and oxygen atoms in total. The van der Waals surface area contributed by atoms with E-state index in [0.717, 1.165) is 25.8 Å². The van der Waals surface area contributed by atoms with Gasteiger partial charge in [-0.25, -0.2) is 0 Å². The molecule has 19 heavy (non-hydrogen) atoms. The largest absolute Gasteiger partial charge is 0.340 e. The topological polar surface area (TPSA) is 46.3 Å². The Hall–Kier alpha value is -1.35. The number of hydrogen-bond acceptors (Lipinski definition) is 2. The monoisotopic (exact) mass is 260 g/mol. The number of carbonyl (C=O) groups is 1. The van der Waals surface area contributed by atoms with E-state index in [0.29, 0.717) is 0 Å². The van der Waals surface area contributed by atoms with Crippen molar-refractivity contribution in [3.8, 4) is 0 Å². The Balaban J connectivity index is 1.95. The Kier molecular flexibility index (Phi) is 4.59. The number of nitrogens with two attached hydrogens (primary N) is 1. The molecule has 1 saturated heterocycles. The molecule has 3 heteroatoms. The quantitative estimate of drug-likeness (QED) is 0.905. The maximum absolute atomic E-state index is 12.5. The average Bonchev–Trinajstić information content (AvgIpc) is 2.39. The second-order valence-corrected chi connectivity index (χ2v) is 5.76. The highest BCUT2D eigenvalue weighted by Crippen LogP contribution is 2.20. The van der Waals surface area contributed by atoms with E-state index in [1.165, 1.54) is 5.56 Å². The maximum Gasteiger partial charge on any atom is 0.225 e. The molecule has 1 aromatic rings. The van der Waals surface area contributed by atoms with Gasteiger partial charge in [0.2, 0.25) is 5.91 Å². The Morgan fingerprint density at radius 2 is 2.11 bits per heavy atom. The lowest BCUT2D eigenvalue weighted by Crippen LogP contribution is -2.50. The van der Waals surface area contributed by atoms with Crippen molar-refractivity contribution in [2.75, 3.05) is 6.54 Å². The molecule has 2 N–H and O–H groups in total. The number of amides is 1. The molecule has 104 valence electrons. The summed E-state index contributed by atoms with van der Waals surface area (Å²) in [4.78, 5) is 14.5. The molecule has 1 heterocycles. The van der Waals surface area contributed by atoms with Crippen molar-refractivity contribution >= 4 is 5.91 Å². The molecule has 3 atom stereocenters. The van der Waals surface area contributed by atoms with Crippen molar-refractivity contribution < 1.29 is 4.79 Å². The first-order valence-electron chi connectivity index (χ1n) is 7.18. The predicted octanol–water partition coefficient (Wildman–Crippen LogP) is 2.20. The summed E-state index contributed by atoms with van der Waals surface area (Å²) in [6.07, 6.45) is 2.66. The first-order chi connectivity index (χ1) is 9.08. The van der Waals surface area contributed by atoms with Gasteiger partial charge in [-0.3, -0.25) is 4.79 Å². The van der Waals surface area contributed by atoms with Crippen LogP contribution in [0.2, 0.25) is 0 Å². The molecule has 0 spiro atoms. The van der Waals surface area contributed by atoms with Gasteiger partial charge < -0.3 is 10.6 Å². The highest BCUT2D eigenvalue weighted by atomic mass is 16.2. The lowest BCUT2D eigenvalue weighted by Gasteiger charge is -2.38. The van der Waals surface area contributed by atoms with E-state index >= 15 is 0 Å². The second kappa shape index (κ2) is 6.20. The molecule has 0 saturated carbocycles. The van der Waals surface area contributed by atoms with Crippen LogP contribution in [0.4, 0.5) is 0 Å². The summed E-state index contributed by atoms with van der Waals surface area (Å²) >= 11 is 0. The van der Waals surface area contributed by atoms with Crippen LogP contribution in [0.3, 0.4) is 0 Å². The average molecular weight is 260 g/mol. The van der Waals surface area contributed by atoms with Crippen LogP contribution in [0, 0.1) is 5.92 Å². The van der Waals surface area contributed by atoms with Gasteiger partial charge in [0.1, 0.15) is 0 Å². The van der Waals surface area contributed by atoms with Gasteiger partial charge in [-0.15, -0.1) is 0 Å². The first kappa shape index (κ1) is 14.1. The Bertz CT molecular complexity index is 418. The molecule has 1 fully saturated rings. The van der Waals surface area contributed by atoms with Gasteiger partial charge in [0.15, 0.2) is 0 Å². The molecule has 0 radical (unpaired) electrons. The summed E-state index contributed by atoms with van der Waals surface area (Å²) in [6, 6.07) is 10.7. The lowest BCUT2D eigenvalue weighted by atomic mass is 9.94. The predicted molar refractivity (Wildman–Crippen MR) is 77.7 cm³/mol. The van der Waals surface area contributed by atoms with Gasteiger partial charge in [-0.1, -0.05) is 37.3 Å². The van der Waals surface area contributed by atoms with Crippen LogP contribution < -0.4 is 5.73 Å². The number of hydrogen-bond donors (Lipinski definition) is 1. The van der Waals surface area contributed by atoms with Crippen molar-refractivity contribution in [3.63, 3.8) is 0 Å². The summed E-state index contributed by atoms with van der Waals surface area (Å²) in [5.41, 5.74) is 7.18. The van der Waals surface area contributed by atoms with Gasteiger partial charge in [-0.05, 0) is 31.7 Å². The van der Waals surface area contributed by atoms with Crippen molar-refractivity contribution in [1.29, 1.82) is 0 Å². The van der Waals surface area contributed by atoms with E-state index in [1.807, 2.05) is 30.0 Å². The molecule has 0 aliphatic carbocycles. The second-order valence-electron chi connectivity index (χ2n) is 5.76. The zero-order valence-electron chi connectivity index (χ0n) is 11.9. The van der Waals surface area contributed by atoms with Crippen LogP contribution >= 0.6 is 0 Å². The third kappa shape index (κ3) is 3.57. The van der Waals surface area contributed by atoms with Gasteiger partial charge in [0.25, 0.3) is 0 Å². The van der Waals surface area contributed by atoms with Crippen molar-refractivity contribution in [2.24, 2.45) is 11.7 Å². The summed E-state index contributed by atoms with van der Waals surface area (Å²) in [5.74, 6) is 0.308. The molecule has 1 amide bonds. The number of rotatable bonds is 3. The normalized spacial score (nSPS) is 25.1. The van der Waals surface area contributed by atoms with Crippen molar-refractivity contribution in [3.05, 3.63) is 35.9 Å². The molecular weight excluding hydrogens is 236 g/mol. The number of carbonyl (C=O) groups excluding carboxylic acids is 1. The van der Waals surface area contributed by atoms with E-state index in [-0.39, 0.29) is 23.9 Å². The van der Waals surface area contributed by atoms with Crippen molar-refractivity contribution in [2.45, 2.75) is 45.2 Å². The van der Waals surface area contributed by atoms with Crippen molar-refractivity contribution in [1.82, 2.24) is 4.90 Å². The molecule has 2 rings (SSSR count). The molecule has 0 aromatic heterocycles. The fourth-order valence-electron chi connectivity index (χ4n) is 2.87. The van der Waals surface area contributed by atoms with Gasteiger partial charge >= 0.3 is 0 Å². The lowest BCUT2D eigenvalue weighted by molar-refractivity contribution is -0.138. The van der Waals surface area contributed by atoms with Gasteiger partial charge in [-0.2, -0.15) is 0 Å². The van der Waals surface area contributed by atoms with Crippen LogP contribution in [-0.4, -0.2) is 29.4 Å². The van der Waals surface area contributed by atoms with Crippen LogP contribution in [0.5, 0.6) is 0 Å². The Morgan fingerprint density at radius 1 is 1.42 bits per heavy atom. The zero-order chi connectivity index (χ0) is 13.8. The van der Waals surface area contributed by atoms with Crippen LogP contribution in [-0.2, 0) is 11.2 Å². The Labute approximate surface area is 115 Å². The van der Waals surface area contributed by atoms with Crippen LogP contribution in [0.15, 0.2) is 30.3 Å². The third-order valence-electron chi connectivity index (χ3n) is 4.01. The first-order valence-corrected chi connectivity index (χ1v) is 7.18. The van der Waals surface area contributed by atoms with E-state index < -0.39 is 0 Å². The molecule has 0 unspecified atom stereocenters. The number of benzene rings is 1. The van der Waals surface area contributed by atoms with E-state index in [2.05, 4.69) is 19.1 Å². The Morgan fingerprint density at radius 3 is 2.74 bits per heavy atom. The number of nitrogens with zero attached hydrogens (tertiary/aromatic N) is 1. The molecular formula is C16H24N2O. The van der Waals surface area contributed by atoms with E-state index in [1.54, 1.807) is 0 Å². The van der Waals surface area contributed by atoms with Crippen LogP contribution in [0.1, 0.15) is 32.3 Å². The van der Waals surface area contributed by atoms with Crippen LogP contribution in [0.25, 0.3) is 0 Å². The SMILES string of the molecule is C[C@H](Cc1ccccc1)C(=O)N1CC[C@@H](N)C[C@@H]1C. The number of piperidine rings is 1. The maximum atomic E-state index is 12.5. The summed E-state index contributed by atoms with van der Waals surface area (Å²) in [5, 5.41) is 0. The van der Waals surface area contributed by atoms with Gasteiger partial charge in [0, 0.05) is 24.5 Å². The fraction of sp³-hybridized carbons (Fsp3) is 0.562. The fourth-order valence-corrected chi connectivity index (χ4v) is 2.87. The highest BCUT2D eigenvalue weighted by Gasteiger charge is 2.29. The third-order valence-corrected chi connectivity index (χ3v) is 4.01. The van der Waals surface area contributed by atoms with Gasteiger partial charge in [0.05, 0.1) is 0 Å². The minimum Gasteiger partial charge on any atom is -0.340 e. The van der Waals surface area contributed by atoms with E-state index in [9.17, 15) is 4.79 Å². The minimum atomic E-state index is 0.0409. The number of likely N-dealkylation sites (tertiary alicyclic amines) is 1. The minimum absolute atomic E-state index is 0.0409. The van der Waals surface area contributed by atoms with E-state index in [4.69, 9.17) is 5.73 Å². The standard InChI is InChI=1S/C16H24N2O/c1-12(10-14-6-4-3-5-7-14)16(19)18-9-8-15(17)11-13(18)2/h3-7,12-13,15H,8-11,17H2,1-2H3/t12-,13+,15-/m1/s1. The molecule has 0 bridgehead atoms. The summed E-state index contributed by atoms with van der Waals surface area (Å²) < 4.78 is 0. The smallest absolute Gasteiger partial charge is 0.225 e. The molecule has 1 aliphatic rings. The highest BCUT2D eigenvalue weighted by molar-refractivity contribution is 5.79. The molecule has 1 aromatic carbocycles. The summed E-state index contributed by atoms with van der Waals surface area (Å²) in [6.45, 7) is 4.93.